The molecule has 1 aromatic rings. The number of ketones is 1. The second-order valence-electron chi connectivity index (χ2n) is 8.73. The number of carbonyl (C=O) groups excluding carboxylic acids is 2. The van der Waals surface area contributed by atoms with E-state index in [4.69, 9.17) is 4.74 Å². The molecule has 28 heavy (non-hydrogen) atoms. The average Bonchev–Trinajstić information content (AvgIpc) is 2.57. The van der Waals surface area contributed by atoms with Gasteiger partial charge in [0.25, 0.3) is 0 Å². The van der Waals surface area contributed by atoms with Crippen molar-refractivity contribution < 1.29 is 27.5 Å². The number of fused-ring (bicyclic) bond motifs is 2. The summed E-state index contributed by atoms with van der Waals surface area (Å²) in [6.45, 7) is 5.46. The lowest BCUT2D eigenvalue weighted by molar-refractivity contribution is -0.137. The van der Waals surface area contributed by atoms with Crippen molar-refractivity contribution in [2.24, 2.45) is 5.92 Å². The molecule has 0 aromatic heterocycles. The lowest BCUT2D eigenvalue weighted by Gasteiger charge is -2.48. The number of carbonyl (C=O) groups is 2. The van der Waals surface area contributed by atoms with Gasteiger partial charge >= 0.3 is 12.3 Å². The molecule has 2 heterocycles. The highest BCUT2D eigenvalue weighted by molar-refractivity contribution is 5.98. The van der Waals surface area contributed by atoms with Crippen molar-refractivity contribution in [1.29, 1.82) is 0 Å². The number of alkyl halides is 3. The third-order valence-electron chi connectivity index (χ3n) is 5.45. The molecule has 3 rings (SSSR count). The summed E-state index contributed by atoms with van der Waals surface area (Å²) in [4.78, 5) is 27.3. The second kappa shape index (κ2) is 7.41. The van der Waals surface area contributed by atoms with Crippen LogP contribution in [-0.2, 0) is 10.9 Å². The molecule has 7 heteroatoms. The summed E-state index contributed by atoms with van der Waals surface area (Å²) < 4.78 is 43.7. The fourth-order valence-corrected chi connectivity index (χ4v) is 4.27. The molecule has 1 aromatic carbocycles. The smallest absolute Gasteiger partial charge is 0.416 e. The van der Waals surface area contributed by atoms with Crippen molar-refractivity contribution in [2.45, 2.75) is 76.7 Å². The number of hydrogen-bond donors (Lipinski definition) is 0. The topological polar surface area (TPSA) is 46.6 Å². The molecule has 2 aliphatic heterocycles. The Morgan fingerprint density at radius 3 is 2.00 bits per heavy atom. The van der Waals surface area contributed by atoms with Crippen LogP contribution in [0, 0.1) is 5.92 Å². The van der Waals surface area contributed by atoms with Crippen LogP contribution < -0.4 is 0 Å². The van der Waals surface area contributed by atoms with E-state index in [1.54, 1.807) is 4.90 Å². The van der Waals surface area contributed by atoms with Gasteiger partial charge in [-0.2, -0.15) is 13.2 Å². The fraction of sp³-hybridized carbons (Fsp3) is 0.619. The SMILES string of the molecule is CC(C)(C)OC(=O)N1C2CCCC1CC(C(=O)c1ccc(C(F)(F)F)cc1)C2. The summed E-state index contributed by atoms with van der Waals surface area (Å²) in [5, 5.41) is 0. The standard InChI is InChI=1S/C21H26F3NO3/c1-20(2,3)28-19(27)25-16-5-4-6-17(25)12-14(11-16)18(26)13-7-9-15(10-8-13)21(22,23)24/h7-10,14,16-17H,4-6,11-12H2,1-3H3. The molecule has 2 saturated heterocycles. The molecule has 2 bridgehead atoms. The van der Waals surface area contributed by atoms with Gasteiger partial charge < -0.3 is 9.64 Å². The Labute approximate surface area is 163 Å². The first kappa shape index (κ1) is 20.7. The van der Waals surface area contributed by atoms with Crippen LogP contribution in [0.2, 0.25) is 0 Å². The lowest BCUT2D eigenvalue weighted by atomic mass is 9.76. The molecular formula is C21H26F3NO3. The molecule has 4 nitrogen and oxygen atoms in total. The third-order valence-corrected chi connectivity index (χ3v) is 5.45. The van der Waals surface area contributed by atoms with Crippen LogP contribution in [0.4, 0.5) is 18.0 Å². The highest BCUT2D eigenvalue weighted by Gasteiger charge is 2.44. The molecule has 0 aliphatic carbocycles. The zero-order valence-corrected chi connectivity index (χ0v) is 16.4. The predicted octanol–water partition coefficient (Wildman–Crippen LogP) is 5.46. The number of nitrogens with zero attached hydrogens (tertiary/aromatic N) is 1. The van der Waals surface area contributed by atoms with Gasteiger partial charge in [-0.05, 0) is 65.0 Å². The van der Waals surface area contributed by atoms with Gasteiger partial charge in [0.1, 0.15) is 5.60 Å². The zero-order chi connectivity index (χ0) is 20.7. The first-order chi connectivity index (χ1) is 13.0. The van der Waals surface area contributed by atoms with Crippen LogP contribution in [-0.4, -0.2) is 34.5 Å². The number of hydrogen-bond acceptors (Lipinski definition) is 3. The van der Waals surface area contributed by atoms with Crippen LogP contribution in [0.3, 0.4) is 0 Å². The number of amides is 1. The van der Waals surface area contributed by atoms with E-state index < -0.39 is 17.3 Å². The monoisotopic (exact) mass is 397 g/mol. The Morgan fingerprint density at radius 2 is 1.54 bits per heavy atom. The summed E-state index contributed by atoms with van der Waals surface area (Å²) in [7, 11) is 0. The van der Waals surface area contributed by atoms with Gasteiger partial charge in [0.15, 0.2) is 5.78 Å². The normalized spacial score (nSPS) is 25.4. The number of benzene rings is 1. The molecular weight excluding hydrogens is 371 g/mol. The van der Waals surface area contributed by atoms with E-state index in [1.807, 2.05) is 20.8 Å². The summed E-state index contributed by atoms with van der Waals surface area (Å²) >= 11 is 0. The third kappa shape index (κ3) is 4.50. The summed E-state index contributed by atoms with van der Waals surface area (Å²) in [6.07, 6.45) is -1.10. The van der Waals surface area contributed by atoms with E-state index in [1.165, 1.54) is 12.1 Å². The minimum absolute atomic E-state index is 0.0641. The molecule has 2 aliphatic rings. The highest BCUT2D eigenvalue weighted by Crippen LogP contribution is 2.39. The maximum absolute atomic E-state index is 12.9. The van der Waals surface area contributed by atoms with Crippen LogP contribution >= 0.6 is 0 Å². The molecule has 0 saturated carbocycles. The Kier molecular flexibility index (Phi) is 5.47. The molecule has 2 atom stereocenters. The van der Waals surface area contributed by atoms with E-state index in [2.05, 4.69) is 0 Å². The van der Waals surface area contributed by atoms with Crippen molar-refractivity contribution in [1.82, 2.24) is 4.90 Å². The highest BCUT2D eigenvalue weighted by atomic mass is 19.4. The number of Topliss-reactive ketones (excluding diaryl/α,β-unsaturated/α-hetero) is 1. The summed E-state index contributed by atoms with van der Waals surface area (Å²) in [5.74, 6) is -0.430. The van der Waals surface area contributed by atoms with E-state index >= 15 is 0 Å². The maximum Gasteiger partial charge on any atom is 0.416 e. The van der Waals surface area contributed by atoms with Crippen LogP contribution in [0.25, 0.3) is 0 Å². The van der Waals surface area contributed by atoms with Crippen molar-refractivity contribution in [2.75, 3.05) is 0 Å². The minimum Gasteiger partial charge on any atom is -0.444 e. The molecule has 0 radical (unpaired) electrons. The Morgan fingerprint density at radius 1 is 1.00 bits per heavy atom. The van der Waals surface area contributed by atoms with Gasteiger partial charge in [-0.15, -0.1) is 0 Å². The first-order valence-corrected chi connectivity index (χ1v) is 9.68. The summed E-state index contributed by atoms with van der Waals surface area (Å²) in [6, 6.07) is 4.27. The summed E-state index contributed by atoms with van der Waals surface area (Å²) in [5.41, 5.74) is -1.05. The maximum atomic E-state index is 12.9. The molecule has 0 N–H and O–H groups in total. The lowest BCUT2D eigenvalue weighted by Crippen LogP contribution is -2.56. The zero-order valence-electron chi connectivity index (χ0n) is 16.4. The van der Waals surface area contributed by atoms with Crippen molar-refractivity contribution in [3.8, 4) is 0 Å². The van der Waals surface area contributed by atoms with Crippen molar-refractivity contribution in [3.63, 3.8) is 0 Å². The molecule has 1 amide bonds. The number of ether oxygens (including phenoxy) is 1. The molecule has 0 spiro atoms. The largest absolute Gasteiger partial charge is 0.444 e. The van der Waals surface area contributed by atoms with Crippen LogP contribution in [0.1, 0.15) is 68.8 Å². The van der Waals surface area contributed by atoms with Crippen molar-refractivity contribution >= 4 is 11.9 Å². The Bertz CT molecular complexity index is 723. The predicted molar refractivity (Wildman–Crippen MR) is 98.0 cm³/mol. The Balaban J connectivity index is 1.73. The van der Waals surface area contributed by atoms with Crippen LogP contribution in [0.5, 0.6) is 0 Å². The number of rotatable bonds is 2. The second-order valence-corrected chi connectivity index (χ2v) is 8.73. The van der Waals surface area contributed by atoms with Gasteiger partial charge in [0.2, 0.25) is 0 Å². The van der Waals surface area contributed by atoms with Gasteiger partial charge in [-0.25, -0.2) is 4.79 Å². The molecule has 2 fully saturated rings. The van der Waals surface area contributed by atoms with E-state index in [0.29, 0.717) is 18.4 Å². The molecule has 2 unspecified atom stereocenters. The number of piperidine rings is 2. The van der Waals surface area contributed by atoms with Crippen molar-refractivity contribution in [3.05, 3.63) is 35.4 Å². The first-order valence-electron chi connectivity index (χ1n) is 9.68. The van der Waals surface area contributed by atoms with E-state index in [0.717, 1.165) is 31.4 Å². The fourth-order valence-electron chi connectivity index (χ4n) is 4.27. The van der Waals surface area contributed by atoms with Gasteiger partial charge in [0.05, 0.1) is 5.56 Å². The minimum atomic E-state index is -4.42. The Hall–Kier alpha value is -2.05. The van der Waals surface area contributed by atoms with Gasteiger partial charge in [-0.3, -0.25) is 4.79 Å². The number of halogens is 3. The van der Waals surface area contributed by atoms with E-state index in [9.17, 15) is 22.8 Å². The van der Waals surface area contributed by atoms with Crippen LogP contribution in [0.15, 0.2) is 24.3 Å². The quantitative estimate of drug-likeness (QED) is 0.623. The average molecular weight is 397 g/mol. The van der Waals surface area contributed by atoms with Gasteiger partial charge in [0, 0.05) is 23.6 Å². The van der Waals surface area contributed by atoms with E-state index in [-0.39, 0.29) is 29.9 Å². The van der Waals surface area contributed by atoms with Gasteiger partial charge in [-0.1, -0.05) is 12.1 Å². The molecule has 154 valence electrons.